The monoisotopic (exact) mass is 395 g/mol. The van der Waals surface area contributed by atoms with E-state index in [-0.39, 0.29) is 12.2 Å². The third-order valence-corrected chi connectivity index (χ3v) is 4.07. The van der Waals surface area contributed by atoms with Crippen LogP contribution in [-0.4, -0.2) is 66.2 Å². The first-order valence-corrected chi connectivity index (χ1v) is 8.01. The molecule has 1 aliphatic heterocycles. The van der Waals surface area contributed by atoms with Crippen LogP contribution < -0.4 is 11.2 Å². The van der Waals surface area contributed by atoms with Crippen molar-refractivity contribution in [3.63, 3.8) is 0 Å². The Kier molecular flexibility index (Phi) is 5.35. The second-order valence-corrected chi connectivity index (χ2v) is 6.00. The molecule has 0 radical (unpaired) electrons. The van der Waals surface area contributed by atoms with Gasteiger partial charge in [-0.1, -0.05) is 5.16 Å². The molecule has 28 heavy (non-hydrogen) atoms. The number of benzene rings is 1. The van der Waals surface area contributed by atoms with Gasteiger partial charge in [-0.25, -0.2) is 4.79 Å². The van der Waals surface area contributed by atoms with Crippen LogP contribution in [-0.2, 0) is 9.57 Å². The van der Waals surface area contributed by atoms with Crippen molar-refractivity contribution in [2.24, 2.45) is 5.16 Å². The van der Waals surface area contributed by atoms with Crippen LogP contribution in [0.3, 0.4) is 0 Å². The number of phenolic OH excluding ortho intramolecular Hbond substituents is 3. The summed E-state index contributed by atoms with van der Waals surface area (Å²) in [5.41, 5.74) is -1.21. The van der Waals surface area contributed by atoms with Crippen LogP contribution in [0.25, 0.3) is 0 Å². The van der Waals surface area contributed by atoms with Gasteiger partial charge in [0.15, 0.2) is 23.5 Å². The molecule has 0 bridgehead atoms. The number of aromatic hydroxyl groups is 3. The Morgan fingerprint density at radius 2 is 1.86 bits per heavy atom. The molecule has 1 saturated heterocycles. The quantitative estimate of drug-likeness (QED) is 0.195. The van der Waals surface area contributed by atoms with Crippen LogP contribution in [0.4, 0.5) is 0 Å². The van der Waals surface area contributed by atoms with E-state index in [1.165, 1.54) is 0 Å². The first-order chi connectivity index (χ1) is 13.3. The number of ether oxygens (including phenoxy) is 1. The number of nitrogens with one attached hydrogen (secondary N) is 1. The number of rotatable bonds is 5. The Bertz CT molecular complexity index is 976. The third kappa shape index (κ3) is 3.83. The minimum atomic E-state index is -1.45. The number of phenols is 3. The topological polar surface area (TPSA) is 187 Å². The first kappa shape index (κ1) is 19.4. The highest BCUT2D eigenvalue weighted by Crippen LogP contribution is 2.34. The van der Waals surface area contributed by atoms with Crippen molar-refractivity contribution >= 4 is 6.21 Å². The van der Waals surface area contributed by atoms with Gasteiger partial charge in [0.2, 0.25) is 0 Å². The first-order valence-electron chi connectivity index (χ1n) is 8.01. The number of H-pyrrole nitrogens is 1. The molecular weight excluding hydrogens is 378 g/mol. The molecule has 6 N–H and O–H groups in total. The van der Waals surface area contributed by atoms with Crippen molar-refractivity contribution in [2.45, 2.75) is 24.5 Å². The summed E-state index contributed by atoms with van der Waals surface area (Å²) < 4.78 is 6.36. The van der Waals surface area contributed by atoms with Crippen LogP contribution in [0, 0.1) is 0 Å². The van der Waals surface area contributed by atoms with Crippen LogP contribution in [0.1, 0.15) is 11.8 Å². The van der Waals surface area contributed by atoms with Gasteiger partial charge >= 0.3 is 5.69 Å². The van der Waals surface area contributed by atoms with Gasteiger partial charge < -0.3 is 35.1 Å². The summed E-state index contributed by atoms with van der Waals surface area (Å²) in [6.45, 7) is -0.292. The lowest BCUT2D eigenvalue weighted by Crippen LogP contribution is -2.37. The van der Waals surface area contributed by atoms with Crippen molar-refractivity contribution in [1.29, 1.82) is 0 Å². The van der Waals surface area contributed by atoms with Crippen molar-refractivity contribution < 1.29 is 35.1 Å². The average molecular weight is 395 g/mol. The maximum Gasteiger partial charge on any atom is 0.330 e. The maximum atomic E-state index is 11.8. The summed E-state index contributed by atoms with van der Waals surface area (Å²) >= 11 is 0. The average Bonchev–Trinajstić information content (AvgIpc) is 2.91. The molecule has 0 spiro atoms. The van der Waals surface area contributed by atoms with Crippen molar-refractivity contribution in [2.75, 3.05) is 6.61 Å². The van der Waals surface area contributed by atoms with Gasteiger partial charge in [0.25, 0.3) is 5.56 Å². The van der Waals surface area contributed by atoms with Crippen LogP contribution in [0.2, 0.25) is 0 Å². The smallest absolute Gasteiger partial charge is 0.330 e. The Hall–Kier alpha value is -3.35. The molecule has 0 aliphatic carbocycles. The lowest BCUT2D eigenvalue weighted by Gasteiger charge is -2.16. The minimum absolute atomic E-state index is 0.221. The van der Waals surface area contributed by atoms with E-state index in [1.54, 1.807) is 0 Å². The molecule has 2 aromatic rings. The molecule has 1 aromatic carbocycles. The zero-order chi connectivity index (χ0) is 20.4. The zero-order valence-corrected chi connectivity index (χ0v) is 14.2. The predicted octanol–water partition coefficient (Wildman–Crippen LogP) is -1.68. The fraction of sp³-hybridized carbons (Fsp3) is 0.312. The number of aliphatic hydroxyl groups excluding tert-OH is 2. The Morgan fingerprint density at radius 1 is 1.18 bits per heavy atom. The van der Waals surface area contributed by atoms with Crippen LogP contribution >= 0.6 is 0 Å². The molecule has 12 heteroatoms. The normalized spacial score (nSPS) is 24.6. The molecular formula is C16H17N3O9. The van der Waals surface area contributed by atoms with Gasteiger partial charge in [-0.3, -0.25) is 14.3 Å². The molecule has 1 aliphatic rings. The maximum absolute atomic E-state index is 11.8. The second kappa shape index (κ2) is 7.72. The van der Waals surface area contributed by atoms with Gasteiger partial charge in [-0.15, -0.1) is 0 Å². The molecule has 3 rings (SSSR count). The number of nitrogens with zero attached hydrogens (tertiary/aromatic N) is 2. The summed E-state index contributed by atoms with van der Waals surface area (Å²) in [7, 11) is 0. The fourth-order valence-electron chi connectivity index (χ4n) is 2.64. The molecule has 4 atom stereocenters. The number of aromatic amines is 1. The molecule has 2 heterocycles. The summed E-state index contributed by atoms with van der Waals surface area (Å²) in [6.07, 6.45) is -2.85. The largest absolute Gasteiger partial charge is 0.504 e. The summed E-state index contributed by atoms with van der Waals surface area (Å²) in [4.78, 5) is 29.9. The fourth-order valence-corrected chi connectivity index (χ4v) is 2.64. The van der Waals surface area contributed by atoms with E-state index in [0.717, 1.165) is 35.2 Å². The standard InChI is InChI=1S/C16H17N3O9/c20-8-3-7(4-9(21)12(8)23)5-17-27-6-10-13(24)14(25)15(28-10)19-2-1-11(22)18-16(19)26/h1-5,10,13-15,20-21,23-25H,6H2,(H,18,22,26). The number of oxime groups is 1. The summed E-state index contributed by atoms with van der Waals surface area (Å²) in [5.74, 6) is -1.76. The third-order valence-electron chi connectivity index (χ3n) is 4.07. The summed E-state index contributed by atoms with van der Waals surface area (Å²) in [6, 6.07) is 3.33. The Balaban J connectivity index is 1.64. The van der Waals surface area contributed by atoms with Gasteiger partial charge in [0.1, 0.15) is 24.9 Å². The highest BCUT2D eigenvalue weighted by molar-refractivity contribution is 5.81. The van der Waals surface area contributed by atoms with E-state index >= 15 is 0 Å². The zero-order valence-electron chi connectivity index (χ0n) is 14.2. The van der Waals surface area contributed by atoms with Crippen LogP contribution in [0.5, 0.6) is 17.2 Å². The van der Waals surface area contributed by atoms with Gasteiger partial charge in [-0.2, -0.15) is 0 Å². The van der Waals surface area contributed by atoms with E-state index in [2.05, 4.69) is 5.16 Å². The predicted molar refractivity (Wildman–Crippen MR) is 92.2 cm³/mol. The van der Waals surface area contributed by atoms with Crippen LogP contribution in [0.15, 0.2) is 39.1 Å². The van der Waals surface area contributed by atoms with Gasteiger partial charge in [0.05, 0.1) is 6.21 Å². The molecule has 0 amide bonds. The second-order valence-electron chi connectivity index (χ2n) is 6.00. The van der Waals surface area contributed by atoms with E-state index in [1.807, 2.05) is 4.98 Å². The number of hydrogen-bond donors (Lipinski definition) is 6. The SMILES string of the molecule is O=c1ccn(C2OC(CON=Cc3cc(O)c(O)c(O)c3)C(O)C2O)c(=O)[nH]1. The lowest BCUT2D eigenvalue weighted by molar-refractivity contribution is -0.0677. The summed E-state index contributed by atoms with van der Waals surface area (Å²) in [5, 5.41) is 51.8. The molecule has 1 aromatic heterocycles. The molecule has 0 saturated carbocycles. The molecule has 1 fully saturated rings. The van der Waals surface area contributed by atoms with E-state index in [4.69, 9.17) is 9.57 Å². The number of aliphatic hydroxyl groups is 2. The number of aromatic nitrogens is 2. The Morgan fingerprint density at radius 3 is 2.50 bits per heavy atom. The van der Waals surface area contributed by atoms with Gasteiger partial charge in [-0.05, 0) is 12.1 Å². The number of hydrogen-bond acceptors (Lipinski definition) is 10. The molecule has 12 nitrogen and oxygen atoms in total. The van der Waals surface area contributed by atoms with E-state index < -0.39 is 53.0 Å². The minimum Gasteiger partial charge on any atom is -0.504 e. The van der Waals surface area contributed by atoms with Gasteiger partial charge in [0, 0.05) is 17.8 Å². The van der Waals surface area contributed by atoms with Crippen molar-refractivity contribution in [3.8, 4) is 17.2 Å². The molecule has 4 unspecified atom stereocenters. The highest BCUT2D eigenvalue weighted by Gasteiger charge is 2.44. The van der Waals surface area contributed by atoms with Crippen molar-refractivity contribution in [1.82, 2.24) is 9.55 Å². The van der Waals surface area contributed by atoms with E-state index in [9.17, 15) is 35.1 Å². The highest BCUT2D eigenvalue weighted by atomic mass is 16.6. The lowest BCUT2D eigenvalue weighted by atomic mass is 10.1. The molecule has 150 valence electrons. The Labute approximate surface area is 156 Å². The van der Waals surface area contributed by atoms with E-state index in [0.29, 0.717) is 0 Å². The van der Waals surface area contributed by atoms with Crippen molar-refractivity contribution in [3.05, 3.63) is 50.8 Å².